The van der Waals surface area contributed by atoms with Crippen molar-refractivity contribution in [2.75, 3.05) is 0 Å². The molecular weight excluding hydrogens is 317 g/mol. The summed E-state index contributed by atoms with van der Waals surface area (Å²) in [5.41, 5.74) is 13.8. The van der Waals surface area contributed by atoms with E-state index in [1.807, 2.05) is 26.0 Å². The molecule has 0 unspecified atom stereocenters. The van der Waals surface area contributed by atoms with E-state index in [9.17, 15) is 9.18 Å². The highest BCUT2D eigenvalue weighted by atomic mass is 28.2. The van der Waals surface area contributed by atoms with E-state index >= 15 is 0 Å². The van der Waals surface area contributed by atoms with Gasteiger partial charge in [0, 0.05) is 14.0 Å². The normalized spacial score (nSPS) is 16.8. The molecule has 1 aromatic carbocycles. The summed E-state index contributed by atoms with van der Waals surface area (Å²) in [6.07, 6.45) is 5.30. The van der Waals surface area contributed by atoms with Gasteiger partial charge in [0.2, 0.25) is 0 Å². The van der Waals surface area contributed by atoms with Crippen LogP contribution in [0.15, 0.2) is 34.9 Å². The van der Waals surface area contributed by atoms with Crippen molar-refractivity contribution in [2.45, 2.75) is 39.8 Å². The van der Waals surface area contributed by atoms with Crippen molar-refractivity contribution in [3.63, 3.8) is 0 Å². The Morgan fingerprint density at radius 2 is 1.96 bits per heavy atom. The maximum absolute atomic E-state index is 14.2. The van der Waals surface area contributed by atoms with E-state index in [-0.39, 0.29) is 5.82 Å². The third-order valence-corrected chi connectivity index (χ3v) is 6.52. The van der Waals surface area contributed by atoms with Gasteiger partial charge in [-0.1, -0.05) is 42.1 Å². The molecule has 0 atom stereocenters. The first kappa shape index (κ1) is 16.8. The molecule has 1 radical (unpaired) electrons. The van der Waals surface area contributed by atoms with Crippen LogP contribution in [0.25, 0.3) is 11.6 Å². The molecule has 0 fully saturated rings. The van der Waals surface area contributed by atoms with E-state index < -0.39 is 14.3 Å². The van der Waals surface area contributed by atoms with Gasteiger partial charge in [-0.3, -0.25) is 10.5 Å². The van der Waals surface area contributed by atoms with Crippen LogP contribution in [-0.2, 0) is 11.2 Å². The number of nitrogens with one attached hydrogen (secondary N) is 1. The monoisotopic (exact) mass is 338 g/mol. The number of rotatable bonds is 2. The molecule has 4 heteroatoms. The Hall–Kier alpha value is -2.07. The van der Waals surface area contributed by atoms with Crippen LogP contribution in [0, 0.1) is 5.82 Å². The van der Waals surface area contributed by atoms with E-state index in [1.165, 1.54) is 11.2 Å². The third-order valence-electron chi connectivity index (χ3n) is 4.85. The van der Waals surface area contributed by atoms with Gasteiger partial charge in [-0.05, 0) is 60.6 Å². The Bertz CT molecular complexity index is 883. The number of benzene rings is 1. The lowest BCUT2D eigenvalue weighted by Gasteiger charge is -2.24. The maximum Gasteiger partial charge on any atom is 0.269 e. The van der Waals surface area contributed by atoms with Gasteiger partial charge in [-0.2, -0.15) is 0 Å². The zero-order chi connectivity index (χ0) is 17.6. The number of carbonyl (C=O) groups is 1. The molecule has 3 rings (SSSR count). The SMILES string of the molecule is CC1=Cc2c(C3=C(C)C(C([NH])=O)=CCC3=[Si](C)C)ccc(F)c2C1. The molecular formula is C20H21FNOSi. The van der Waals surface area contributed by atoms with Crippen LogP contribution in [0.3, 0.4) is 0 Å². The van der Waals surface area contributed by atoms with Crippen LogP contribution in [0.5, 0.6) is 0 Å². The summed E-state index contributed by atoms with van der Waals surface area (Å²) in [6, 6.07) is 3.38. The highest BCUT2D eigenvalue weighted by Crippen LogP contribution is 2.38. The quantitative estimate of drug-likeness (QED) is 0.745. The van der Waals surface area contributed by atoms with Gasteiger partial charge in [0.1, 0.15) is 5.82 Å². The molecule has 0 saturated heterocycles. The average Bonchev–Trinajstić information content (AvgIpc) is 2.90. The Morgan fingerprint density at radius 1 is 1.25 bits per heavy atom. The third kappa shape index (κ3) is 2.65. The summed E-state index contributed by atoms with van der Waals surface area (Å²) >= 11 is 0. The maximum atomic E-state index is 14.2. The number of hydrogen-bond acceptors (Lipinski definition) is 1. The first-order valence-corrected chi connectivity index (χ1v) is 10.6. The summed E-state index contributed by atoms with van der Waals surface area (Å²) in [5, 5.41) is 1.34. The van der Waals surface area contributed by atoms with Crippen LogP contribution in [0.2, 0.25) is 13.1 Å². The molecule has 24 heavy (non-hydrogen) atoms. The number of carbonyl (C=O) groups excluding carboxylic acids is 1. The molecule has 0 heterocycles. The number of amides is 1. The molecule has 1 amide bonds. The van der Waals surface area contributed by atoms with Crippen LogP contribution < -0.4 is 5.73 Å². The molecule has 0 aliphatic heterocycles. The van der Waals surface area contributed by atoms with Gasteiger partial charge in [0.15, 0.2) is 0 Å². The van der Waals surface area contributed by atoms with Crippen molar-refractivity contribution in [1.82, 2.24) is 5.73 Å². The molecule has 2 aliphatic carbocycles. The van der Waals surface area contributed by atoms with Gasteiger partial charge in [0.05, 0.1) is 0 Å². The Kier molecular flexibility index (Phi) is 4.26. The number of allylic oxidation sites excluding steroid dienone is 3. The second-order valence-corrected chi connectivity index (χ2v) is 9.39. The molecule has 0 saturated carbocycles. The highest BCUT2D eigenvalue weighted by molar-refractivity contribution is 6.77. The summed E-state index contributed by atoms with van der Waals surface area (Å²) in [6.45, 7) is 8.40. The highest BCUT2D eigenvalue weighted by Gasteiger charge is 2.26. The molecule has 0 aromatic heterocycles. The van der Waals surface area contributed by atoms with Crippen molar-refractivity contribution >= 4 is 31.1 Å². The minimum absolute atomic E-state index is 0.164. The Morgan fingerprint density at radius 3 is 2.58 bits per heavy atom. The summed E-state index contributed by atoms with van der Waals surface area (Å²) in [7, 11) is -0.724. The summed E-state index contributed by atoms with van der Waals surface area (Å²) < 4.78 is 14.2. The molecule has 0 bridgehead atoms. The van der Waals surface area contributed by atoms with Crippen LogP contribution in [0.1, 0.15) is 37.0 Å². The fraction of sp³-hybridized carbons (Fsp3) is 0.300. The number of halogens is 1. The lowest BCUT2D eigenvalue weighted by Crippen LogP contribution is -2.20. The molecule has 2 aliphatic rings. The van der Waals surface area contributed by atoms with Crippen molar-refractivity contribution in [1.29, 1.82) is 0 Å². The van der Waals surface area contributed by atoms with Gasteiger partial charge in [-0.25, -0.2) is 4.39 Å². The van der Waals surface area contributed by atoms with E-state index in [0.29, 0.717) is 18.4 Å². The molecule has 123 valence electrons. The van der Waals surface area contributed by atoms with Crippen LogP contribution in [0.4, 0.5) is 4.39 Å². The second kappa shape index (κ2) is 6.09. The number of fused-ring (bicyclic) bond motifs is 1. The van der Waals surface area contributed by atoms with Crippen molar-refractivity contribution in [3.05, 3.63) is 57.4 Å². The van der Waals surface area contributed by atoms with E-state index in [0.717, 1.165) is 33.4 Å². The standard InChI is InChI=1S/C20H21FNOSi/c1-11-9-15-14(5-7-17(21)16(15)10-11)19-12(2)13(20(22)23)6-8-18(19)24(3)4/h5-7,9,22H,8,10H2,1-4H3. The van der Waals surface area contributed by atoms with Crippen molar-refractivity contribution < 1.29 is 9.18 Å². The molecule has 1 aromatic rings. The average molecular weight is 338 g/mol. The zero-order valence-corrected chi connectivity index (χ0v) is 15.5. The predicted molar refractivity (Wildman–Crippen MR) is 99.6 cm³/mol. The minimum atomic E-state index is -0.724. The van der Waals surface area contributed by atoms with E-state index in [1.54, 1.807) is 0 Å². The molecule has 0 spiro atoms. The summed E-state index contributed by atoms with van der Waals surface area (Å²) in [4.78, 5) is 11.7. The second-order valence-electron chi connectivity index (χ2n) is 6.78. The topological polar surface area (TPSA) is 40.9 Å². The smallest absolute Gasteiger partial charge is 0.267 e. The Labute approximate surface area is 143 Å². The van der Waals surface area contributed by atoms with Gasteiger partial charge in [0.25, 0.3) is 5.91 Å². The van der Waals surface area contributed by atoms with Crippen molar-refractivity contribution in [2.24, 2.45) is 0 Å². The van der Waals surface area contributed by atoms with Gasteiger partial charge < -0.3 is 0 Å². The van der Waals surface area contributed by atoms with Crippen LogP contribution >= 0.6 is 0 Å². The summed E-state index contributed by atoms with van der Waals surface area (Å²) in [5.74, 6) is -0.807. The van der Waals surface area contributed by atoms with E-state index in [4.69, 9.17) is 5.73 Å². The molecule has 2 nitrogen and oxygen atoms in total. The van der Waals surface area contributed by atoms with Crippen molar-refractivity contribution in [3.8, 4) is 0 Å². The Balaban J connectivity index is 2.32. The fourth-order valence-electron chi connectivity index (χ4n) is 3.68. The van der Waals surface area contributed by atoms with Crippen LogP contribution in [-0.4, -0.2) is 19.5 Å². The van der Waals surface area contributed by atoms with E-state index in [2.05, 4.69) is 19.2 Å². The zero-order valence-electron chi connectivity index (χ0n) is 14.5. The first-order valence-electron chi connectivity index (χ1n) is 8.14. The number of hydrogen-bond donors (Lipinski definition) is 0. The fourth-order valence-corrected chi connectivity index (χ4v) is 5.01. The minimum Gasteiger partial charge on any atom is -0.267 e. The lowest BCUT2D eigenvalue weighted by molar-refractivity contribution is -0.114. The van der Waals surface area contributed by atoms with Gasteiger partial charge in [-0.15, -0.1) is 0 Å². The largest absolute Gasteiger partial charge is 0.269 e. The van der Waals surface area contributed by atoms with Gasteiger partial charge >= 0.3 is 0 Å². The first-order chi connectivity index (χ1) is 11.3. The lowest BCUT2D eigenvalue weighted by atomic mass is 9.84. The predicted octanol–water partition coefficient (Wildman–Crippen LogP) is 4.21. The molecule has 1 N–H and O–H groups in total.